The van der Waals surface area contributed by atoms with Crippen molar-refractivity contribution in [3.05, 3.63) is 71.1 Å². The van der Waals surface area contributed by atoms with Crippen LogP contribution in [-0.2, 0) is 12.8 Å². The van der Waals surface area contributed by atoms with Gasteiger partial charge in [-0.2, -0.15) is 0 Å². The van der Waals surface area contributed by atoms with E-state index in [9.17, 15) is 5.11 Å². The second kappa shape index (κ2) is 8.19. The topological polar surface area (TPSA) is 55.5 Å². The van der Waals surface area contributed by atoms with Gasteiger partial charge in [0.15, 0.2) is 0 Å². The zero-order valence-corrected chi connectivity index (χ0v) is 16.5. The van der Waals surface area contributed by atoms with Crippen molar-refractivity contribution in [2.75, 3.05) is 13.2 Å². The van der Waals surface area contributed by atoms with Crippen LogP contribution in [0.2, 0.25) is 0 Å². The summed E-state index contributed by atoms with van der Waals surface area (Å²) >= 11 is 0. The lowest BCUT2D eigenvalue weighted by Crippen LogP contribution is -2.10. The maximum atomic E-state index is 9.46. The molecule has 0 bridgehead atoms. The lowest BCUT2D eigenvalue weighted by atomic mass is 9.89. The normalized spacial score (nSPS) is 16.8. The van der Waals surface area contributed by atoms with Crippen molar-refractivity contribution < 1.29 is 14.3 Å². The first-order valence-electron chi connectivity index (χ1n) is 10.0. The number of aromatic nitrogens is 1. The maximum absolute atomic E-state index is 9.46. The van der Waals surface area contributed by atoms with E-state index >= 15 is 0 Å². The maximum Gasteiger partial charge on any atom is 0.226 e. The molecular weight excluding hydrogens is 350 g/mol. The first-order chi connectivity index (χ1) is 13.7. The molecule has 1 heterocycles. The highest BCUT2D eigenvalue weighted by Gasteiger charge is 2.27. The molecule has 1 aliphatic carbocycles. The quantitative estimate of drug-likeness (QED) is 0.634. The molecule has 0 unspecified atom stereocenters. The molecule has 0 fully saturated rings. The number of oxazole rings is 1. The minimum Gasteiger partial charge on any atom is -0.493 e. The minimum absolute atomic E-state index is 0.240. The molecule has 1 aromatic heterocycles. The van der Waals surface area contributed by atoms with E-state index in [0.29, 0.717) is 30.8 Å². The first kappa shape index (κ1) is 18.8. The van der Waals surface area contributed by atoms with Crippen molar-refractivity contribution >= 4 is 0 Å². The van der Waals surface area contributed by atoms with Crippen LogP contribution in [0.25, 0.3) is 11.5 Å². The molecule has 2 atom stereocenters. The molecular formula is C24H27NO3. The van der Waals surface area contributed by atoms with Crippen LogP contribution in [0.4, 0.5) is 0 Å². The average Bonchev–Trinajstić information content (AvgIpc) is 3.31. The van der Waals surface area contributed by atoms with Gasteiger partial charge in [-0.1, -0.05) is 31.2 Å². The van der Waals surface area contributed by atoms with Crippen LogP contribution in [0.1, 0.15) is 41.8 Å². The van der Waals surface area contributed by atoms with Gasteiger partial charge in [0.05, 0.1) is 12.3 Å². The summed E-state index contributed by atoms with van der Waals surface area (Å²) in [6.07, 6.45) is 2.88. The van der Waals surface area contributed by atoms with E-state index in [0.717, 1.165) is 35.6 Å². The van der Waals surface area contributed by atoms with E-state index in [4.69, 9.17) is 9.15 Å². The Labute approximate surface area is 166 Å². The number of ether oxygens (including phenoxy) is 1. The standard InChI is InChI=1S/C24H27NO3/c1-16(15-26)21-10-8-19-14-20(9-11-22(19)21)27-13-12-23-17(2)28-24(25-23)18-6-4-3-5-7-18/h3-7,9,11,14,16,21,26H,8,10,12-13,15H2,1-2H3/t16-,21+/m1/s1. The third kappa shape index (κ3) is 3.83. The van der Waals surface area contributed by atoms with Crippen molar-refractivity contribution in [1.82, 2.24) is 4.98 Å². The molecule has 3 aromatic rings. The molecule has 0 saturated heterocycles. The fraction of sp³-hybridized carbons (Fsp3) is 0.375. The van der Waals surface area contributed by atoms with Crippen LogP contribution in [-0.4, -0.2) is 23.3 Å². The number of aliphatic hydroxyl groups is 1. The highest BCUT2D eigenvalue weighted by atomic mass is 16.5. The second-order valence-electron chi connectivity index (χ2n) is 7.65. The summed E-state index contributed by atoms with van der Waals surface area (Å²) in [6.45, 7) is 4.88. The van der Waals surface area contributed by atoms with Crippen molar-refractivity contribution in [3.8, 4) is 17.2 Å². The third-order valence-electron chi connectivity index (χ3n) is 5.73. The van der Waals surface area contributed by atoms with Crippen LogP contribution >= 0.6 is 0 Å². The fourth-order valence-corrected chi connectivity index (χ4v) is 4.06. The summed E-state index contributed by atoms with van der Waals surface area (Å²) in [6, 6.07) is 16.3. The summed E-state index contributed by atoms with van der Waals surface area (Å²) in [5, 5.41) is 9.46. The Morgan fingerprint density at radius 1 is 1.21 bits per heavy atom. The first-order valence-corrected chi connectivity index (χ1v) is 10.0. The van der Waals surface area contributed by atoms with Gasteiger partial charge >= 0.3 is 0 Å². The van der Waals surface area contributed by atoms with E-state index in [1.54, 1.807) is 0 Å². The molecule has 4 nitrogen and oxygen atoms in total. The van der Waals surface area contributed by atoms with E-state index in [2.05, 4.69) is 24.0 Å². The largest absolute Gasteiger partial charge is 0.493 e. The predicted molar refractivity (Wildman–Crippen MR) is 110 cm³/mol. The third-order valence-corrected chi connectivity index (χ3v) is 5.73. The number of aryl methyl sites for hydroxylation is 2. The molecule has 146 valence electrons. The Balaban J connectivity index is 1.38. The van der Waals surface area contributed by atoms with Crippen molar-refractivity contribution in [1.29, 1.82) is 0 Å². The number of rotatable bonds is 7. The van der Waals surface area contributed by atoms with Gasteiger partial charge in [-0.3, -0.25) is 0 Å². The van der Waals surface area contributed by atoms with Crippen LogP contribution in [0.3, 0.4) is 0 Å². The minimum atomic E-state index is 0.240. The summed E-state index contributed by atoms with van der Waals surface area (Å²) in [4.78, 5) is 4.64. The van der Waals surface area contributed by atoms with Crippen molar-refractivity contribution in [2.24, 2.45) is 5.92 Å². The van der Waals surface area contributed by atoms with Crippen molar-refractivity contribution in [3.63, 3.8) is 0 Å². The van der Waals surface area contributed by atoms with Gasteiger partial charge in [0.25, 0.3) is 0 Å². The van der Waals surface area contributed by atoms with Gasteiger partial charge < -0.3 is 14.3 Å². The molecule has 1 aliphatic rings. The fourth-order valence-electron chi connectivity index (χ4n) is 4.06. The summed E-state index contributed by atoms with van der Waals surface area (Å²) in [7, 11) is 0. The van der Waals surface area contributed by atoms with Crippen LogP contribution in [0.15, 0.2) is 52.9 Å². The van der Waals surface area contributed by atoms with E-state index in [1.165, 1.54) is 11.1 Å². The Bertz CT molecular complexity index is 932. The highest BCUT2D eigenvalue weighted by molar-refractivity contribution is 5.53. The van der Waals surface area contributed by atoms with E-state index < -0.39 is 0 Å². The average molecular weight is 377 g/mol. The van der Waals surface area contributed by atoms with Crippen LogP contribution in [0.5, 0.6) is 5.75 Å². The second-order valence-corrected chi connectivity index (χ2v) is 7.65. The van der Waals surface area contributed by atoms with E-state index in [1.807, 2.05) is 43.3 Å². The number of benzene rings is 2. The number of hydrogen-bond acceptors (Lipinski definition) is 4. The molecule has 2 aromatic carbocycles. The van der Waals surface area contributed by atoms with Gasteiger partial charge in [0.2, 0.25) is 5.89 Å². The lowest BCUT2D eigenvalue weighted by molar-refractivity contribution is 0.215. The number of fused-ring (bicyclic) bond motifs is 1. The molecule has 0 saturated carbocycles. The van der Waals surface area contributed by atoms with Gasteiger partial charge in [-0.25, -0.2) is 4.98 Å². The molecule has 28 heavy (non-hydrogen) atoms. The Hall–Kier alpha value is -2.59. The SMILES string of the molecule is Cc1oc(-c2ccccc2)nc1CCOc1ccc2c(c1)CC[C@H]2[C@H](C)CO. The number of hydrogen-bond donors (Lipinski definition) is 1. The van der Waals surface area contributed by atoms with E-state index in [-0.39, 0.29) is 6.61 Å². The van der Waals surface area contributed by atoms with Crippen LogP contribution < -0.4 is 4.74 Å². The Morgan fingerprint density at radius 3 is 2.82 bits per heavy atom. The summed E-state index contributed by atoms with van der Waals surface area (Å²) in [5.74, 6) is 3.18. The summed E-state index contributed by atoms with van der Waals surface area (Å²) in [5.41, 5.74) is 4.65. The van der Waals surface area contributed by atoms with Gasteiger partial charge in [-0.15, -0.1) is 0 Å². The van der Waals surface area contributed by atoms with Gasteiger partial charge in [0, 0.05) is 18.6 Å². The molecule has 0 spiro atoms. The molecule has 4 rings (SSSR count). The Kier molecular flexibility index (Phi) is 5.49. The van der Waals surface area contributed by atoms with Crippen molar-refractivity contribution in [2.45, 2.75) is 39.0 Å². The number of aliphatic hydroxyl groups excluding tert-OH is 1. The predicted octanol–water partition coefficient (Wildman–Crippen LogP) is 4.93. The number of nitrogens with zero attached hydrogens (tertiary/aromatic N) is 1. The lowest BCUT2D eigenvalue weighted by Gasteiger charge is -2.18. The molecule has 0 amide bonds. The van der Waals surface area contributed by atoms with Gasteiger partial charge in [-0.05, 0) is 67.0 Å². The molecule has 1 N–H and O–H groups in total. The Morgan fingerprint density at radius 2 is 2.04 bits per heavy atom. The zero-order valence-electron chi connectivity index (χ0n) is 16.5. The monoisotopic (exact) mass is 377 g/mol. The highest BCUT2D eigenvalue weighted by Crippen LogP contribution is 2.39. The molecule has 0 radical (unpaired) electrons. The van der Waals surface area contributed by atoms with Gasteiger partial charge in [0.1, 0.15) is 11.5 Å². The summed E-state index contributed by atoms with van der Waals surface area (Å²) < 4.78 is 11.8. The van der Waals surface area contributed by atoms with Crippen LogP contribution in [0, 0.1) is 12.8 Å². The zero-order chi connectivity index (χ0) is 19.5. The smallest absolute Gasteiger partial charge is 0.226 e. The molecule has 0 aliphatic heterocycles. The molecule has 4 heteroatoms.